The number of alkyl halides is 4. The first-order valence-electron chi connectivity index (χ1n) is 7.30. The molecular formula is C15H15F4N3O3S. The number of carbonyl (C=O) groups is 1. The Balaban J connectivity index is 2.28. The second kappa shape index (κ2) is 8.81. The molecule has 6 nitrogen and oxygen atoms in total. The molecule has 0 radical (unpaired) electrons. The summed E-state index contributed by atoms with van der Waals surface area (Å²) >= 11 is 1.06. The fourth-order valence-corrected chi connectivity index (χ4v) is 2.59. The van der Waals surface area contributed by atoms with E-state index in [1.165, 1.54) is 17.5 Å². The SMILES string of the molecule is CC(CN)C(=O)Nc1nc(-c2ccc(OC(F)F)cc2OC(F)F)cs1. The average molecular weight is 393 g/mol. The number of benzene rings is 1. The zero-order valence-corrected chi connectivity index (χ0v) is 14.2. The Morgan fingerprint density at radius 3 is 2.58 bits per heavy atom. The van der Waals surface area contributed by atoms with Gasteiger partial charge in [-0.3, -0.25) is 4.79 Å². The summed E-state index contributed by atoms with van der Waals surface area (Å²) in [5, 5.41) is 4.30. The molecule has 0 fully saturated rings. The van der Waals surface area contributed by atoms with Crippen molar-refractivity contribution in [2.45, 2.75) is 20.1 Å². The van der Waals surface area contributed by atoms with Crippen LogP contribution in [0, 0.1) is 5.92 Å². The number of hydrogen-bond acceptors (Lipinski definition) is 6. The highest BCUT2D eigenvalue weighted by atomic mass is 32.1. The van der Waals surface area contributed by atoms with E-state index >= 15 is 0 Å². The zero-order valence-electron chi connectivity index (χ0n) is 13.4. The highest BCUT2D eigenvalue weighted by molar-refractivity contribution is 7.14. The molecular weight excluding hydrogens is 378 g/mol. The van der Waals surface area contributed by atoms with E-state index in [1.54, 1.807) is 6.92 Å². The Morgan fingerprint density at radius 2 is 1.96 bits per heavy atom. The summed E-state index contributed by atoms with van der Waals surface area (Å²) in [5.74, 6) is -1.47. The quantitative estimate of drug-likeness (QED) is 0.670. The molecule has 1 aromatic carbocycles. The Morgan fingerprint density at radius 1 is 1.27 bits per heavy atom. The predicted octanol–water partition coefficient (Wildman–Crippen LogP) is 3.55. The van der Waals surface area contributed by atoms with Gasteiger partial charge in [0.05, 0.1) is 5.69 Å². The van der Waals surface area contributed by atoms with E-state index in [0.717, 1.165) is 17.4 Å². The van der Waals surface area contributed by atoms with Gasteiger partial charge in [0.15, 0.2) is 5.13 Å². The third kappa shape index (κ3) is 5.30. The molecule has 2 aromatic rings. The normalized spacial score (nSPS) is 12.3. The second-order valence-corrected chi connectivity index (χ2v) is 5.94. The van der Waals surface area contributed by atoms with E-state index in [2.05, 4.69) is 19.8 Å². The van der Waals surface area contributed by atoms with Crippen LogP contribution in [0.1, 0.15) is 6.92 Å². The van der Waals surface area contributed by atoms with Gasteiger partial charge in [-0.1, -0.05) is 6.92 Å². The number of nitrogens with one attached hydrogen (secondary N) is 1. The van der Waals surface area contributed by atoms with Crippen LogP contribution < -0.4 is 20.5 Å². The van der Waals surface area contributed by atoms with Crippen LogP contribution in [0.5, 0.6) is 11.5 Å². The van der Waals surface area contributed by atoms with E-state index in [-0.39, 0.29) is 40.3 Å². The van der Waals surface area contributed by atoms with Gasteiger partial charge >= 0.3 is 13.2 Å². The molecule has 0 saturated carbocycles. The number of carbonyl (C=O) groups excluding carboxylic acids is 1. The number of halogens is 4. The largest absolute Gasteiger partial charge is 0.435 e. The number of nitrogens with zero attached hydrogens (tertiary/aromatic N) is 1. The molecule has 1 unspecified atom stereocenters. The summed E-state index contributed by atoms with van der Waals surface area (Å²) in [4.78, 5) is 15.9. The standard InChI is InChI=1S/C15H15F4N3O3S/c1-7(5-20)12(23)22-15-21-10(6-26-15)9-3-2-8(24-13(16)17)4-11(9)25-14(18)19/h2-4,6-7,13-14H,5,20H2,1H3,(H,21,22,23). The Hall–Kier alpha value is -2.40. The molecule has 0 aliphatic heterocycles. The maximum Gasteiger partial charge on any atom is 0.387 e. The molecule has 142 valence electrons. The van der Waals surface area contributed by atoms with Gasteiger partial charge in [-0.05, 0) is 12.1 Å². The van der Waals surface area contributed by atoms with Gasteiger partial charge in [0.25, 0.3) is 0 Å². The molecule has 0 aliphatic rings. The van der Waals surface area contributed by atoms with Crippen molar-refractivity contribution in [1.29, 1.82) is 0 Å². The second-order valence-electron chi connectivity index (χ2n) is 5.08. The van der Waals surface area contributed by atoms with E-state index in [1.807, 2.05) is 0 Å². The van der Waals surface area contributed by atoms with Gasteiger partial charge in [0.1, 0.15) is 11.5 Å². The number of nitrogens with two attached hydrogens (primary N) is 1. The first-order chi connectivity index (χ1) is 12.3. The smallest absolute Gasteiger partial charge is 0.387 e. The molecule has 1 atom stereocenters. The fraction of sp³-hybridized carbons (Fsp3) is 0.333. The van der Waals surface area contributed by atoms with Crippen LogP contribution in [0.2, 0.25) is 0 Å². The van der Waals surface area contributed by atoms with Crippen molar-refractivity contribution >= 4 is 22.4 Å². The lowest BCUT2D eigenvalue weighted by Crippen LogP contribution is -2.26. The molecule has 11 heteroatoms. The van der Waals surface area contributed by atoms with Crippen molar-refractivity contribution in [3.8, 4) is 22.8 Å². The highest BCUT2D eigenvalue weighted by Gasteiger charge is 2.18. The van der Waals surface area contributed by atoms with Gasteiger partial charge in [-0.15, -0.1) is 11.3 Å². The first-order valence-corrected chi connectivity index (χ1v) is 8.18. The minimum absolute atomic E-state index is 0.135. The molecule has 0 spiro atoms. The van der Waals surface area contributed by atoms with Crippen LogP contribution >= 0.6 is 11.3 Å². The van der Waals surface area contributed by atoms with Crippen LogP contribution in [-0.2, 0) is 4.79 Å². The summed E-state index contributed by atoms with van der Waals surface area (Å²) in [6.07, 6.45) is 0. The summed E-state index contributed by atoms with van der Waals surface area (Å²) < 4.78 is 58.4. The number of ether oxygens (including phenoxy) is 2. The van der Waals surface area contributed by atoms with Crippen molar-refractivity contribution < 1.29 is 31.8 Å². The van der Waals surface area contributed by atoms with Crippen LogP contribution in [0.3, 0.4) is 0 Å². The fourth-order valence-electron chi connectivity index (χ4n) is 1.87. The van der Waals surface area contributed by atoms with Crippen molar-refractivity contribution in [3.63, 3.8) is 0 Å². The minimum atomic E-state index is -3.17. The van der Waals surface area contributed by atoms with Crippen molar-refractivity contribution in [2.24, 2.45) is 11.7 Å². The van der Waals surface area contributed by atoms with Gasteiger partial charge < -0.3 is 20.5 Å². The van der Waals surface area contributed by atoms with E-state index < -0.39 is 19.1 Å². The van der Waals surface area contributed by atoms with Crippen molar-refractivity contribution in [2.75, 3.05) is 11.9 Å². The predicted molar refractivity (Wildman–Crippen MR) is 87.7 cm³/mol. The summed E-state index contributed by atoms with van der Waals surface area (Å²) in [7, 11) is 0. The molecule has 0 aliphatic carbocycles. The Bertz CT molecular complexity index is 757. The van der Waals surface area contributed by atoms with E-state index in [4.69, 9.17) is 5.73 Å². The summed E-state index contributed by atoms with van der Waals surface area (Å²) in [5.41, 5.74) is 5.77. The summed E-state index contributed by atoms with van der Waals surface area (Å²) in [6.45, 7) is -4.48. The highest BCUT2D eigenvalue weighted by Crippen LogP contribution is 2.36. The molecule has 26 heavy (non-hydrogen) atoms. The van der Waals surface area contributed by atoms with E-state index in [0.29, 0.717) is 0 Å². The Kier molecular flexibility index (Phi) is 6.75. The lowest BCUT2D eigenvalue weighted by Gasteiger charge is -2.12. The van der Waals surface area contributed by atoms with Gasteiger partial charge in [-0.25, -0.2) is 4.98 Å². The molecule has 1 amide bonds. The number of anilines is 1. The molecule has 2 rings (SSSR count). The lowest BCUT2D eigenvalue weighted by atomic mass is 10.1. The first kappa shape index (κ1) is 19.9. The van der Waals surface area contributed by atoms with Crippen LogP contribution in [-0.4, -0.2) is 30.7 Å². The van der Waals surface area contributed by atoms with Gasteiger partial charge in [0, 0.05) is 29.5 Å². The summed E-state index contributed by atoms with van der Waals surface area (Å²) in [6, 6.07) is 3.36. The number of hydrogen-bond donors (Lipinski definition) is 2. The van der Waals surface area contributed by atoms with Gasteiger partial charge in [0.2, 0.25) is 5.91 Å². The van der Waals surface area contributed by atoms with E-state index in [9.17, 15) is 22.4 Å². The number of amides is 1. The molecule has 3 N–H and O–H groups in total. The lowest BCUT2D eigenvalue weighted by molar-refractivity contribution is -0.119. The molecule has 0 saturated heterocycles. The maximum absolute atomic E-state index is 12.6. The number of rotatable bonds is 8. The molecule has 1 aromatic heterocycles. The molecule has 0 bridgehead atoms. The van der Waals surface area contributed by atoms with Crippen LogP contribution in [0.25, 0.3) is 11.3 Å². The average Bonchev–Trinajstić information content (AvgIpc) is 3.01. The van der Waals surface area contributed by atoms with Crippen LogP contribution in [0.15, 0.2) is 23.6 Å². The monoisotopic (exact) mass is 393 g/mol. The zero-order chi connectivity index (χ0) is 19.3. The number of thiazole rings is 1. The van der Waals surface area contributed by atoms with Crippen LogP contribution in [0.4, 0.5) is 22.7 Å². The topological polar surface area (TPSA) is 86.5 Å². The third-order valence-corrected chi connectivity index (χ3v) is 3.96. The maximum atomic E-state index is 12.6. The van der Waals surface area contributed by atoms with Crippen molar-refractivity contribution in [1.82, 2.24) is 4.98 Å². The van der Waals surface area contributed by atoms with Gasteiger partial charge in [-0.2, -0.15) is 17.6 Å². The minimum Gasteiger partial charge on any atom is -0.435 e. The van der Waals surface area contributed by atoms with Crippen molar-refractivity contribution in [3.05, 3.63) is 23.6 Å². The number of aromatic nitrogens is 1. The third-order valence-electron chi connectivity index (χ3n) is 3.21. The Labute approximate surface area is 149 Å². The molecule has 1 heterocycles.